The van der Waals surface area contributed by atoms with Gasteiger partial charge in [0, 0.05) is 59.0 Å². The van der Waals surface area contributed by atoms with Gasteiger partial charge in [-0.1, -0.05) is 19.9 Å². The van der Waals surface area contributed by atoms with Gasteiger partial charge in [-0.2, -0.15) is 0 Å². The van der Waals surface area contributed by atoms with E-state index in [1.54, 1.807) is 11.0 Å². The summed E-state index contributed by atoms with van der Waals surface area (Å²) in [5.74, 6) is 0. The number of fused-ring (bicyclic) bond motifs is 6. The number of aldehydes is 1. The van der Waals surface area contributed by atoms with Crippen LogP contribution < -0.4 is 15.5 Å². The summed E-state index contributed by atoms with van der Waals surface area (Å²) >= 11 is 0. The SMILES string of the molecule is C=CC.CC.CN.Cc1cc2c3c(ccc2[nH]1)N(C)CC3.O=Cc1cc2c3c(ccc2[nH]1)N(C=O)CC3. The fourth-order valence-electron chi connectivity index (χ4n) is 4.74. The Bertz CT molecular complexity index is 1330. The lowest BCUT2D eigenvalue weighted by molar-refractivity contribution is -0.107. The van der Waals surface area contributed by atoms with Crippen molar-refractivity contribution in [2.24, 2.45) is 5.73 Å². The van der Waals surface area contributed by atoms with Gasteiger partial charge in [-0.05, 0) is 81.3 Å². The number of H-pyrrole nitrogens is 2. The van der Waals surface area contributed by atoms with E-state index in [9.17, 15) is 9.59 Å². The smallest absolute Gasteiger partial charge is 0.214 e. The molecule has 198 valence electrons. The Morgan fingerprint density at radius 2 is 1.43 bits per heavy atom. The van der Waals surface area contributed by atoms with E-state index in [2.05, 4.69) is 59.4 Å². The Kier molecular flexibility index (Phi) is 11.2. The molecule has 4 aromatic rings. The summed E-state index contributed by atoms with van der Waals surface area (Å²) in [6.07, 6.45) is 5.44. The van der Waals surface area contributed by atoms with Gasteiger partial charge in [0.1, 0.15) is 0 Å². The maximum atomic E-state index is 10.8. The third kappa shape index (κ3) is 6.30. The third-order valence-corrected chi connectivity index (χ3v) is 6.21. The summed E-state index contributed by atoms with van der Waals surface area (Å²) in [5, 5.41) is 2.45. The first-order valence-electron chi connectivity index (χ1n) is 12.8. The third-order valence-electron chi connectivity index (χ3n) is 6.21. The number of amides is 1. The molecule has 0 spiro atoms. The highest BCUT2D eigenvalue weighted by atomic mass is 16.1. The van der Waals surface area contributed by atoms with Crippen molar-refractivity contribution in [2.45, 2.75) is 40.5 Å². The minimum Gasteiger partial charge on any atom is -0.374 e. The summed E-state index contributed by atoms with van der Waals surface area (Å²) in [6, 6.07) is 12.3. The molecule has 0 saturated carbocycles. The van der Waals surface area contributed by atoms with Gasteiger partial charge in [-0.15, -0.1) is 6.58 Å². The Labute approximate surface area is 220 Å². The number of allylic oxidation sites excluding steroid dienone is 1. The average Bonchev–Trinajstić information content (AvgIpc) is 3.70. The molecule has 1 amide bonds. The number of nitrogens with two attached hydrogens (primary N) is 1. The number of hydrogen-bond acceptors (Lipinski definition) is 4. The first-order valence-corrected chi connectivity index (χ1v) is 12.8. The molecule has 2 aliphatic heterocycles. The van der Waals surface area contributed by atoms with E-state index in [-0.39, 0.29) is 0 Å². The molecule has 0 bridgehead atoms. The van der Waals surface area contributed by atoms with Gasteiger partial charge in [0.15, 0.2) is 6.29 Å². The molecule has 0 fully saturated rings. The van der Waals surface area contributed by atoms with Gasteiger partial charge in [0.05, 0.1) is 5.69 Å². The van der Waals surface area contributed by atoms with Crippen LogP contribution in [0.1, 0.15) is 48.1 Å². The second kappa shape index (κ2) is 14.0. The van der Waals surface area contributed by atoms with Crippen LogP contribution >= 0.6 is 0 Å². The summed E-state index contributed by atoms with van der Waals surface area (Å²) in [6.45, 7) is 13.2. The van der Waals surface area contributed by atoms with Crippen LogP contribution in [0.3, 0.4) is 0 Å². The van der Waals surface area contributed by atoms with E-state index in [4.69, 9.17) is 0 Å². The fourth-order valence-corrected chi connectivity index (χ4v) is 4.74. The fraction of sp³-hybridized carbons (Fsp3) is 0.333. The molecule has 0 atom stereocenters. The molecule has 0 unspecified atom stereocenters. The second-order valence-electron chi connectivity index (χ2n) is 8.47. The average molecular weight is 504 g/mol. The number of benzene rings is 2. The number of nitrogens with one attached hydrogen (secondary N) is 2. The lowest BCUT2D eigenvalue weighted by Gasteiger charge is -2.11. The molecule has 6 rings (SSSR count). The minimum absolute atomic E-state index is 0.577. The Hall–Kier alpha value is -3.84. The number of hydrogen-bond donors (Lipinski definition) is 3. The summed E-state index contributed by atoms with van der Waals surface area (Å²) in [7, 11) is 3.66. The minimum atomic E-state index is 0.577. The Balaban J connectivity index is 0.000000211. The van der Waals surface area contributed by atoms with Crippen molar-refractivity contribution >= 4 is 45.9 Å². The first kappa shape index (κ1) is 29.4. The summed E-state index contributed by atoms with van der Waals surface area (Å²) in [4.78, 5) is 32.0. The van der Waals surface area contributed by atoms with Crippen molar-refractivity contribution < 1.29 is 9.59 Å². The van der Waals surface area contributed by atoms with Crippen LogP contribution in [0.2, 0.25) is 0 Å². The number of carbonyl (C=O) groups is 2. The molecule has 2 aromatic heterocycles. The van der Waals surface area contributed by atoms with E-state index < -0.39 is 0 Å². The van der Waals surface area contributed by atoms with Crippen LogP contribution in [-0.2, 0) is 17.6 Å². The molecule has 37 heavy (non-hydrogen) atoms. The van der Waals surface area contributed by atoms with E-state index in [0.29, 0.717) is 5.69 Å². The zero-order valence-electron chi connectivity index (χ0n) is 23.0. The molecule has 2 aromatic carbocycles. The monoisotopic (exact) mass is 503 g/mol. The molecule has 0 radical (unpaired) electrons. The number of aromatic amines is 2. The van der Waals surface area contributed by atoms with Gasteiger partial charge < -0.3 is 25.5 Å². The van der Waals surface area contributed by atoms with Crippen LogP contribution in [0, 0.1) is 6.92 Å². The maximum absolute atomic E-state index is 10.8. The van der Waals surface area contributed by atoms with Crippen molar-refractivity contribution in [3.8, 4) is 0 Å². The van der Waals surface area contributed by atoms with E-state index in [1.165, 1.54) is 41.3 Å². The molecule has 2 aliphatic rings. The van der Waals surface area contributed by atoms with E-state index in [0.717, 1.165) is 54.4 Å². The highest BCUT2D eigenvalue weighted by Crippen LogP contribution is 2.34. The highest BCUT2D eigenvalue weighted by Gasteiger charge is 2.21. The standard InChI is InChI=1S/C12H10N2O2.C12H14N2.C3H6.C2H6.CH5N/c15-6-8-5-10-9-3-4-14(7-16)12(9)2-1-11(10)13-8;1-8-7-10-9-5-6-14(2)12(9)4-3-11(10)13-8;1-3-2;2*1-2/h1-2,5-7,13H,3-4H2;3-4,7,13H,5-6H2,1-2H3;3H,1H2,2H3;1-2H3;2H2,1H3. The maximum Gasteiger partial charge on any atom is 0.214 e. The van der Waals surface area contributed by atoms with Gasteiger partial charge in [0.25, 0.3) is 0 Å². The number of carbonyl (C=O) groups excluding carboxylic acids is 2. The van der Waals surface area contributed by atoms with Crippen molar-refractivity contribution in [1.29, 1.82) is 0 Å². The van der Waals surface area contributed by atoms with Crippen LogP contribution in [0.5, 0.6) is 0 Å². The number of aromatic nitrogens is 2. The predicted molar refractivity (Wildman–Crippen MR) is 158 cm³/mol. The number of likely N-dealkylation sites (N-methyl/N-ethyl adjacent to an activating group) is 1. The van der Waals surface area contributed by atoms with Crippen molar-refractivity contribution in [3.05, 3.63) is 71.6 Å². The first-order chi connectivity index (χ1) is 18.0. The van der Waals surface area contributed by atoms with Crippen LogP contribution in [-0.4, -0.2) is 49.8 Å². The number of rotatable bonds is 2. The van der Waals surface area contributed by atoms with Crippen LogP contribution in [0.25, 0.3) is 21.8 Å². The zero-order valence-corrected chi connectivity index (χ0v) is 23.0. The van der Waals surface area contributed by atoms with E-state index >= 15 is 0 Å². The van der Waals surface area contributed by atoms with Gasteiger partial charge in [-0.3, -0.25) is 9.59 Å². The summed E-state index contributed by atoms with van der Waals surface area (Å²) < 4.78 is 0. The molecule has 4 heterocycles. The topological polar surface area (TPSA) is 98.2 Å². The Morgan fingerprint density at radius 3 is 2.05 bits per heavy atom. The lowest BCUT2D eigenvalue weighted by Crippen LogP contribution is -2.17. The quantitative estimate of drug-likeness (QED) is 0.239. The molecule has 0 saturated heterocycles. The van der Waals surface area contributed by atoms with E-state index in [1.807, 2.05) is 39.0 Å². The number of aryl methyl sites for hydroxylation is 1. The van der Waals surface area contributed by atoms with Crippen molar-refractivity contribution in [2.75, 3.05) is 37.0 Å². The zero-order chi connectivity index (χ0) is 27.5. The normalized spacial score (nSPS) is 12.5. The van der Waals surface area contributed by atoms with Gasteiger partial charge in [-0.25, -0.2) is 0 Å². The molecule has 4 N–H and O–H groups in total. The largest absolute Gasteiger partial charge is 0.374 e. The molecule has 0 aliphatic carbocycles. The summed E-state index contributed by atoms with van der Waals surface area (Å²) in [5.41, 5.74) is 13.6. The van der Waals surface area contributed by atoms with Crippen molar-refractivity contribution in [3.63, 3.8) is 0 Å². The molecular formula is C30H41N5O2. The number of nitrogens with zero attached hydrogens (tertiary/aromatic N) is 2. The second-order valence-corrected chi connectivity index (χ2v) is 8.47. The van der Waals surface area contributed by atoms with Crippen LogP contribution in [0.15, 0.2) is 49.1 Å². The lowest BCUT2D eigenvalue weighted by atomic mass is 10.1. The molecular weight excluding hydrogens is 462 g/mol. The number of anilines is 2. The van der Waals surface area contributed by atoms with Crippen molar-refractivity contribution in [1.82, 2.24) is 9.97 Å². The van der Waals surface area contributed by atoms with Crippen LogP contribution in [0.4, 0.5) is 11.4 Å². The highest BCUT2D eigenvalue weighted by molar-refractivity contribution is 5.96. The Morgan fingerprint density at radius 1 is 0.892 bits per heavy atom. The molecule has 7 nitrogen and oxygen atoms in total. The molecule has 7 heteroatoms. The van der Waals surface area contributed by atoms with Gasteiger partial charge >= 0.3 is 0 Å². The van der Waals surface area contributed by atoms with Gasteiger partial charge in [0.2, 0.25) is 6.41 Å². The predicted octanol–water partition coefficient (Wildman–Crippen LogP) is 5.76.